The number of carbonyl (C=O) groups is 1. The molecule has 3 atom stereocenters. The molecule has 3 rings (SSSR count). The van der Waals surface area contributed by atoms with Crippen molar-refractivity contribution in [3.8, 4) is 23.8 Å². The number of ether oxygens (including phenoxy) is 2. The van der Waals surface area contributed by atoms with Crippen LogP contribution in [0.2, 0.25) is 0 Å². The van der Waals surface area contributed by atoms with Gasteiger partial charge in [0.05, 0.1) is 9.31 Å². The Kier molecular flexibility index (Phi) is 6.68. The van der Waals surface area contributed by atoms with Crippen LogP contribution in [0.4, 0.5) is 8.78 Å². The van der Waals surface area contributed by atoms with Crippen LogP contribution in [0.1, 0.15) is 25.5 Å². The van der Waals surface area contributed by atoms with Gasteiger partial charge in [-0.05, 0) is 79.6 Å². The number of esters is 1. The van der Waals surface area contributed by atoms with E-state index in [9.17, 15) is 13.6 Å². The molecule has 30 heavy (non-hydrogen) atoms. The van der Waals surface area contributed by atoms with Gasteiger partial charge in [0, 0.05) is 5.56 Å². The molecular formula is C23H18Br2F2O3. The average Bonchev–Trinajstić information content (AvgIpc) is 3.22. The zero-order valence-corrected chi connectivity index (χ0v) is 19.3. The third-order valence-corrected chi connectivity index (χ3v) is 5.68. The van der Waals surface area contributed by atoms with Gasteiger partial charge in [-0.3, -0.25) is 4.79 Å². The second-order valence-electron chi connectivity index (χ2n) is 7.51. The van der Waals surface area contributed by atoms with E-state index in [0.717, 1.165) is 3.39 Å². The summed E-state index contributed by atoms with van der Waals surface area (Å²) in [4.78, 5) is 12.7. The van der Waals surface area contributed by atoms with Crippen molar-refractivity contribution in [2.24, 2.45) is 17.3 Å². The third kappa shape index (κ3) is 4.93. The molecule has 1 aliphatic rings. The summed E-state index contributed by atoms with van der Waals surface area (Å²) in [6.45, 7) is 3.95. The van der Waals surface area contributed by atoms with Gasteiger partial charge in [0.15, 0.2) is 17.7 Å². The first-order valence-corrected chi connectivity index (χ1v) is 10.6. The van der Waals surface area contributed by atoms with Crippen LogP contribution in [-0.4, -0.2) is 5.97 Å². The molecule has 0 spiro atoms. The number of allylic oxidation sites excluding steroid dienone is 1. The largest absolute Gasteiger partial charge is 0.454 e. The number of carbonyl (C=O) groups excluding carboxylic acids is 1. The Hall–Kier alpha value is -2.17. The van der Waals surface area contributed by atoms with Crippen molar-refractivity contribution in [2.45, 2.75) is 20.0 Å². The van der Waals surface area contributed by atoms with E-state index in [0.29, 0.717) is 5.56 Å². The molecule has 0 aliphatic heterocycles. The molecule has 2 aromatic rings. The summed E-state index contributed by atoms with van der Waals surface area (Å²) in [7, 11) is 0. The lowest BCUT2D eigenvalue weighted by Gasteiger charge is -2.15. The molecule has 0 aromatic heterocycles. The molecule has 0 N–H and O–H groups in total. The molecule has 2 aromatic carbocycles. The van der Waals surface area contributed by atoms with Gasteiger partial charge in [0.1, 0.15) is 11.6 Å². The molecule has 1 saturated carbocycles. The molecule has 0 saturated heterocycles. The minimum Gasteiger partial charge on any atom is -0.454 e. The average molecular weight is 540 g/mol. The maximum Gasteiger partial charge on any atom is 0.311 e. The van der Waals surface area contributed by atoms with Crippen LogP contribution in [0.3, 0.4) is 0 Å². The van der Waals surface area contributed by atoms with Gasteiger partial charge < -0.3 is 9.47 Å². The first-order chi connectivity index (χ1) is 14.1. The van der Waals surface area contributed by atoms with Crippen LogP contribution in [0.5, 0.6) is 11.5 Å². The van der Waals surface area contributed by atoms with E-state index in [1.807, 2.05) is 19.9 Å². The predicted molar refractivity (Wildman–Crippen MR) is 117 cm³/mol. The Labute approximate surface area is 190 Å². The topological polar surface area (TPSA) is 35.5 Å². The van der Waals surface area contributed by atoms with E-state index in [4.69, 9.17) is 15.9 Å². The Balaban J connectivity index is 1.77. The zero-order valence-electron chi connectivity index (χ0n) is 16.2. The van der Waals surface area contributed by atoms with Gasteiger partial charge in [-0.1, -0.05) is 31.9 Å². The summed E-state index contributed by atoms with van der Waals surface area (Å²) in [6, 6.07) is 9.17. The highest BCUT2D eigenvalue weighted by atomic mass is 79.9. The van der Waals surface area contributed by atoms with E-state index >= 15 is 0 Å². The van der Waals surface area contributed by atoms with E-state index in [1.165, 1.54) is 42.5 Å². The van der Waals surface area contributed by atoms with Crippen molar-refractivity contribution in [3.63, 3.8) is 0 Å². The molecular weight excluding hydrogens is 522 g/mol. The lowest BCUT2D eigenvalue weighted by Crippen LogP contribution is -2.14. The highest BCUT2D eigenvalue weighted by Gasteiger charge is 2.61. The normalized spacial score (nSPS) is 19.9. The lowest BCUT2D eigenvalue weighted by atomic mass is 10.1. The smallest absolute Gasteiger partial charge is 0.311 e. The van der Waals surface area contributed by atoms with Crippen molar-refractivity contribution in [1.82, 2.24) is 0 Å². The maximum absolute atomic E-state index is 14.2. The van der Waals surface area contributed by atoms with Gasteiger partial charge in [0.2, 0.25) is 0 Å². The van der Waals surface area contributed by atoms with Crippen molar-refractivity contribution < 1.29 is 23.0 Å². The SMILES string of the molecule is C#CC(OC(=O)[C@@H]1[C@H](C=C(Br)Br)C1(C)C)c1ccc(F)c(Oc2ccc(F)cc2)c1. The standard InChI is InChI=1S/C23H18Br2F2O3/c1-4-18(30-22(28)21-16(12-20(24)25)23(21,2)3)13-5-10-17(27)19(11-13)29-15-8-6-14(26)7-9-15/h1,5-12,16,18,21H,2-3H3/t16-,18?,21-/m0/s1. The van der Waals surface area contributed by atoms with Gasteiger partial charge in [-0.25, -0.2) is 8.78 Å². The number of hydrogen-bond acceptors (Lipinski definition) is 3. The highest BCUT2D eigenvalue weighted by Crippen LogP contribution is 2.60. The second-order valence-corrected chi connectivity index (χ2v) is 10.3. The molecule has 0 radical (unpaired) electrons. The molecule has 3 nitrogen and oxygen atoms in total. The van der Waals surface area contributed by atoms with E-state index in [1.54, 1.807) is 0 Å². The van der Waals surface area contributed by atoms with Crippen molar-refractivity contribution >= 4 is 37.8 Å². The van der Waals surface area contributed by atoms with Crippen LogP contribution in [0, 0.1) is 41.2 Å². The highest BCUT2D eigenvalue weighted by molar-refractivity contribution is 9.28. The predicted octanol–water partition coefficient (Wildman–Crippen LogP) is 6.88. The van der Waals surface area contributed by atoms with E-state index < -0.39 is 23.7 Å². The zero-order chi connectivity index (χ0) is 22.1. The molecule has 0 bridgehead atoms. The maximum atomic E-state index is 14.2. The first-order valence-electron chi connectivity index (χ1n) is 9.05. The molecule has 1 fully saturated rings. The van der Waals surface area contributed by atoms with Crippen LogP contribution in [0.25, 0.3) is 0 Å². The molecule has 0 heterocycles. The second kappa shape index (κ2) is 8.91. The number of rotatable bonds is 6. The van der Waals surface area contributed by atoms with Crippen molar-refractivity contribution in [1.29, 1.82) is 0 Å². The quantitative estimate of drug-likeness (QED) is 0.296. The monoisotopic (exact) mass is 538 g/mol. The van der Waals surface area contributed by atoms with E-state index in [-0.39, 0.29) is 28.7 Å². The molecule has 156 valence electrons. The number of hydrogen-bond donors (Lipinski definition) is 0. The summed E-state index contributed by atoms with van der Waals surface area (Å²) in [5.74, 6) is 0.771. The summed E-state index contributed by atoms with van der Waals surface area (Å²) in [5.41, 5.74) is 0.138. The number of terminal acetylenes is 1. The minimum absolute atomic E-state index is 0.00256. The van der Waals surface area contributed by atoms with Gasteiger partial charge in [-0.2, -0.15) is 0 Å². The summed E-state index contributed by atoms with van der Waals surface area (Å²) < 4.78 is 39.1. The lowest BCUT2D eigenvalue weighted by molar-refractivity contribution is -0.149. The van der Waals surface area contributed by atoms with Crippen LogP contribution in [0.15, 0.2) is 51.9 Å². The Morgan fingerprint density at radius 3 is 2.47 bits per heavy atom. The minimum atomic E-state index is -0.998. The van der Waals surface area contributed by atoms with E-state index in [2.05, 4.69) is 37.8 Å². The summed E-state index contributed by atoms with van der Waals surface area (Å²) in [5, 5.41) is 0. The number of halogens is 4. The fourth-order valence-electron chi connectivity index (χ4n) is 3.35. The van der Waals surface area contributed by atoms with Gasteiger partial charge in [0.25, 0.3) is 0 Å². The molecule has 0 amide bonds. The fourth-order valence-corrected chi connectivity index (χ4v) is 3.92. The third-order valence-electron chi connectivity index (χ3n) is 5.15. The van der Waals surface area contributed by atoms with Crippen LogP contribution < -0.4 is 4.74 Å². The van der Waals surface area contributed by atoms with Crippen molar-refractivity contribution in [3.05, 3.63) is 69.1 Å². The Morgan fingerprint density at radius 2 is 1.87 bits per heavy atom. The molecule has 7 heteroatoms. The fraction of sp³-hybridized carbons (Fsp3) is 0.261. The number of benzene rings is 2. The molecule has 1 unspecified atom stereocenters. The van der Waals surface area contributed by atoms with Gasteiger partial charge >= 0.3 is 5.97 Å². The Morgan fingerprint density at radius 1 is 1.20 bits per heavy atom. The summed E-state index contributed by atoms with van der Waals surface area (Å²) >= 11 is 6.63. The summed E-state index contributed by atoms with van der Waals surface area (Å²) in [6.07, 6.45) is 6.49. The Bertz CT molecular complexity index is 1020. The van der Waals surface area contributed by atoms with Gasteiger partial charge in [-0.15, -0.1) is 6.42 Å². The molecule has 1 aliphatic carbocycles. The van der Waals surface area contributed by atoms with Crippen LogP contribution >= 0.6 is 31.9 Å². The van der Waals surface area contributed by atoms with Crippen molar-refractivity contribution in [2.75, 3.05) is 0 Å². The van der Waals surface area contributed by atoms with Crippen LogP contribution in [-0.2, 0) is 9.53 Å². The first kappa shape index (κ1) is 22.5.